The minimum Gasteiger partial charge on any atom is -0.352 e. The van der Waals surface area contributed by atoms with E-state index in [-0.39, 0.29) is 11.5 Å². The first-order valence-corrected chi connectivity index (χ1v) is 11.7. The van der Waals surface area contributed by atoms with Gasteiger partial charge >= 0.3 is 0 Å². The maximum atomic E-state index is 14.1. The minimum atomic E-state index is -0.464. The van der Waals surface area contributed by atoms with E-state index in [1.807, 2.05) is 6.92 Å². The molecule has 8 heteroatoms. The van der Waals surface area contributed by atoms with Crippen molar-refractivity contribution in [3.8, 4) is 0 Å². The van der Waals surface area contributed by atoms with Gasteiger partial charge in [-0.25, -0.2) is 14.4 Å². The Labute approximate surface area is 185 Å². The minimum absolute atomic E-state index is 0.142. The number of thiophene rings is 1. The Morgan fingerprint density at radius 1 is 1.13 bits per heavy atom. The van der Waals surface area contributed by atoms with Crippen molar-refractivity contribution in [1.29, 1.82) is 0 Å². The second-order valence-electron chi connectivity index (χ2n) is 8.16. The number of nitrogens with zero attached hydrogens (tertiary/aromatic N) is 5. The molecule has 1 aromatic carbocycles. The van der Waals surface area contributed by atoms with Gasteiger partial charge in [-0.15, -0.1) is 11.3 Å². The Balaban J connectivity index is 1.40. The van der Waals surface area contributed by atoms with E-state index in [4.69, 9.17) is 9.97 Å². The average Bonchev–Trinajstić information content (AvgIpc) is 3.15. The molecule has 0 spiro atoms. The Morgan fingerprint density at radius 2 is 1.90 bits per heavy atom. The number of likely N-dealkylation sites (N-methyl/N-ethyl adjacent to an activating group) is 1. The van der Waals surface area contributed by atoms with E-state index in [1.165, 1.54) is 21.9 Å². The van der Waals surface area contributed by atoms with Gasteiger partial charge in [0.25, 0.3) is 5.91 Å². The molecule has 0 saturated carbocycles. The number of amides is 1. The van der Waals surface area contributed by atoms with Crippen LogP contribution in [-0.4, -0.2) is 64.9 Å². The summed E-state index contributed by atoms with van der Waals surface area (Å²) in [4.78, 5) is 31.3. The fourth-order valence-electron chi connectivity index (χ4n) is 4.56. The van der Waals surface area contributed by atoms with Crippen molar-refractivity contribution in [2.24, 2.45) is 0 Å². The molecule has 1 fully saturated rings. The lowest BCUT2D eigenvalue weighted by molar-refractivity contribution is 0.0742. The maximum Gasteiger partial charge on any atom is 0.256 e. The summed E-state index contributed by atoms with van der Waals surface area (Å²) in [5.74, 6) is 1.06. The SMILES string of the molecule is CCN1CCc2c(sc3nc(C)nc(N4CCN(C(=O)c5ccccc5F)CC4)c23)C1. The number of hydrogen-bond acceptors (Lipinski definition) is 6. The number of anilines is 1. The van der Waals surface area contributed by atoms with Crippen LogP contribution in [0.2, 0.25) is 0 Å². The summed E-state index contributed by atoms with van der Waals surface area (Å²) in [6.07, 6.45) is 1.02. The predicted octanol–water partition coefficient (Wildman–Crippen LogP) is 3.48. The number of carbonyl (C=O) groups is 1. The van der Waals surface area contributed by atoms with Gasteiger partial charge in [-0.2, -0.15) is 0 Å². The van der Waals surface area contributed by atoms with Gasteiger partial charge in [0.1, 0.15) is 22.3 Å². The van der Waals surface area contributed by atoms with Crippen LogP contribution >= 0.6 is 11.3 Å². The summed E-state index contributed by atoms with van der Waals surface area (Å²) in [7, 11) is 0. The monoisotopic (exact) mass is 439 g/mol. The van der Waals surface area contributed by atoms with Crippen LogP contribution in [0, 0.1) is 12.7 Å². The molecular weight excluding hydrogens is 413 g/mol. The number of aromatic nitrogens is 2. The van der Waals surface area contributed by atoms with Gasteiger partial charge in [-0.05, 0) is 37.6 Å². The number of rotatable bonds is 3. The molecule has 4 heterocycles. The number of carbonyl (C=O) groups excluding carboxylic acids is 1. The van der Waals surface area contributed by atoms with Crippen molar-refractivity contribution in [3.05, 3.63) is 51.9 Å². The zero-order valence-corrected chi connectivity index (χ0v) is 18.7. The Kier molecular flexibility index (Phi) is 5.35. The van der Waals surface area contributed by atoms with Crippen LogP contribution in [0.3, 0.4) is 0 Å². The number of fused-ring (bicyclic) bond motifs is 3. The lowest BCUT2D eigenvalue weighted by atomic mass is 10.0. The molecule has 2 aromatic heterocycles. The number of piperazine rings is 1. The first-order chi connectivity index (χ1) is 15.0. The summed E-state index contributed by atoms with van der Waals surface area (Å²) >= 11 is 1.79. The molecular formula is C23H26FN5OS. The molecule has 6 nitrogen and oxygen atoms in total. The molecule has 1 saturated heterocycles. The normalized spacial score (nSPS) is 17.3. The molecule has 31 heavy (non-hydrogen) atoms. The van der Waals surface area contributed by atoms with E-state index in [2.05, 4.69) is 16.7 Å². The van der Waals surface area contributed by atoms with Crippen molar-refractivity contribution in [3.63, 3.8) is 0 Å². The molecule has 0 aliphatic carbocycles. The van der Waals surface area contributed by atoms with Gasteiger partial charge in [-0.1, -0.05) is 19.1 Å². The number of halogens is 1. The van der Waals surface area contributed by atoms with Gasteiger partial charge in [-0.3, -0.25) is 9.69 Å². The molecule has 0 atom stereocenters. The van der Waals surface area contributed by atoms with E-state index in [0.717, 1.165) is 42.5 Å². The summed E-state index contributed by atoms with van der Waals surface area (Å²) in [6.45, 7) is 9.71. The van der Waals surface area contributed by atoms with Crippen molar-refractivity contribution < 1.29 is 9.18 Å². The van der Waals surface area contributed by atoms with Crippen LogP contribution < -0.4 is 4.90 Å². The fourth-order valence-corrected chi connectivity index (χ4v) is 5.86. The van der Waals surface area contributed by atoms with Crippen LogP contribution in [0.5, 0.6) is 0 Å². The van der Waals surface area contributed by atoms with E-state index < -0.39 is 5.82 Å². The summed E-state index contributed by atoms with van der Waals surface area (Å²) < 4.78 is 14.1. The quantitative estimate of drug-likeness (QED) is 0.626. The average molecular weight is 440 g/mol. The van der Waals surface area contributed by atoms with E-state index in [0.29, 0.717) is 26.2 Å². The van der Waals surface area contributed by atoms with Crippen LogP contribution in [-0.2, 0) is 13.0 Å². The topological polar surface area (TPSA) is 52.6 Å². The molecule has 0 N–H and O–H groups in total. The first-order valence-electron chi connectivity index (χ1n) is 10.8. The van der Waals surface area contributed by atoms with Gasteiger partial charge in [0.2, 0.25) is 0 Å². The molecule has 2 aliphatic heterocycles. The van der Waals surface area contributed by atoms with Crippen molar-refractivity contribution >= 4 is 33.3 Å². The number of hydrogen-bond donors (Lipinski definition) is 0. The Bertz CT molecular complexity index is 1140. The molecule has 2 aliphatic rings. The van der Waals surface area contributed by atoms with Crippen molar-refractivity contribution in [1.82, 2.24) is 19.8 Å². The van der Waals surface area contributed by atoms with Gasteiger partial charge in [0.15, 0.2) is 0 Å². The van der Waals surface area contributed by atoms with Gasteiger partial charge < -0.3 is 9.80 Å². The lowest BCUT2D eigenvalue weighted by Crippen LogP contribution is -2.49. The van der Waals surface area contributed by atoms with Gasteiger partial charge in [0, 0.05) is 44.1 Å². The van der Waals surface area contributed by atoms with Crippen LogP contribution in [0.25, 0.3) is 10.2 Å². The predicted molar refractivity (Wildman–Crippen MR) is 121 cm³/mol. The highest BCUT2D eigenvalue weighted by Gasteiger charge is 2.29. The highest BCUT2D eigenvalue weighted by molar-refractivity contribution is 7.19. The van der Waals surface area contributed by atoms with E-state index >= 15 is 0 Å². The Morgan fingerprint density at radius 3 is 2.65 bits per heavy atom. The maximum absolute atomic E-state index is 14.1. The molecule has 162 valence electrons. The smallest absolute Gasteiger partial charge is 0.256 e. The van der Waals surface area contributed by atoms with E-state index in [9.17, 15) is 9.18 Å². The molecule has 0 bridgehead atoms. The molecule has 5 rings (SSSR count). The van der Waals surface area contributed by atoms with Crippen molar-refractivity contribution in [2.75, 3.05) is 44.2 Å². The summed E-state index contributed by atoms with van der Waals surface area (Å²) in [6, 6.07) is 6.20. The number of benzene rings is 1. The molecule has 3 aromatic rings. The van der Waals surface area contributed by atoms with Crippen LogP contribution in [0.1, 0.15) is 33.5 Å². The van der Waals surface area contributed by atoms with Crippen LogP contribution in [0.15, 0.2) is 24.3 Å². The second-order valence-corrected chi connectivity index (χ2v) is 9.24. The largest absolute Gasteiger partial charge is 0.352 e. The third kappa shape index (κ3) is 3.68. The summed E-state index contributed by atoms with van der Waals surface area (Å²) in [5, 5.41) is 1.19. The molecule has 0 radical (unpaired) electrons. The zero-order chi connectivity index (χ0) is 21.5. The molecule has 0 unspecified atom stereocenters. The fraction of sp³-hybridized carbons (Fsp3) is 0.435. The highest BCUT2D eigenvalue weighted by Crippen LogP contribution is 2.39. The summed E-state index contributed by atoms with van der Waals surface area (Å²) in [5.41, 5.74) is 1.54. The first kappa shape index (κ1) is 20.3. The molecule has 1 amide bonds. The third-order valence-corrected chi connectivity index (χ3v) is 7.40. The van der Waals surface area contributed by atoms with Crippen LogP contribution in [0.4, 0.5) is 10.2 Å². The van der Waals surface area contributed by atoms with E-state index in [1.54, 1.807) is 34.4 Å². The lowest BCUT2D eigenvalue weighted by Gasteiger charge is -2.36. The number of aryl methyl sites for hydroxylation is 1. The standard InChI is InChI=1S/C23H26FN5OS/c1-3-27-9-8-17-19(14-27)31-22-20(17)21(25-15(2)26-22)28-10-12-29(13-11-28)23(30)16-6-4-5-7-18(16)24/h4-7H,3,8-14H2,1-2H3. The third-order valence-electron chi connectivity index (χ3n) is 6.29. The Hall–Kier alpha value is -2.58. The highest BCUT2D eigenvalue weighted by atomic mass is 32.1. The zero-order valence-electron chi connectivity index (χ0n) is 17.9. The van der Waals surface area contributed by atoms with Crippen molar-refractivity contribution in [2.45, 2.75) is 26.8 Å². The van der Waals surface area contributed by atoms with Gasteiger partial charge in [0.05, 0.1) is 10.9 Å². The second kappa shape index (κ2) is 8.16.